The van der Waals surface area contributed by atoms with Crippen molar-refractivity contribution in [2.24, 2.45) is 5.41 Å². The largest absolute Gasteiger partial charge is 0.465 e. The molecule has 0 unspecified atom stereocenters. The van der Waals surface area contributed by atoms with E-state index in [1.165, 1.54) is 11.3 Å². The second-order valence-electron chi connectivity index (χ2n) is 7.21. The molecular formula is C19H30N4O2. The van der Waals surface area contributed by atoms with E-state index in [9.17, 15) is 4.79 Å². The van der Waals surface area contributed by atoms with Crippen LogP contribution < -0.4 is 5.32 Å². The molecule has 2 aliphatic heterocycles. The van der Waals surface area contributed by atoms with Crippen LogP contribution in [-0.4, -0.2) is 52.9 Å². The first-order valence-electron chi connectivity index (χ1n) is 9.36. The first-order chi connectivity index (χ1) is 12.1. The molecule has 3 rings (SSSR count). The van der Waals surface area contributed by atoms with Crippen LogP contribution in [0.5, 0.6) is 0 Å². The molecule has 2 atom stereocenters. The molecule has 3 heterocycles. The maximum atomic E-state index is 12.8. The summed E-state index contributed by atoms with van der Waals surface area (Å²) in [5.41, 5.74) is 1.99. The van der Waals surface area contributed by atoms with Crippen LogP contribution in [0.15, 0.2) is 18.9 Å². The van der Waals surface area contributed by atoms with E-state index >= 15 is 0 Å². The van der Waals surface area contributed by atoms with Gasteiger partial charge < -0.3 is 10.1 Å². The van der Waals surface area contributed by atoms with Gasteiger partial charge in [0, 0.05) is 36.9 Å². The fraction of sp³-hybridized carbons (Fsp3) is 0.684. The summed E-state index contributed by atoms with van der Waals surface area (Å²) in [5, 5.41) is 8.01. The van der Waals surface area contributed by atoms with E-state index < -0.39 is 5.41 Å². The standard InChI is InChI=1S/C19H30N4O2/c1-4-10-23-15(3)16(12-21-23)13-22-11-7-17-19(14-22,8-6-9-20-17)18(24)25-5-2/h4,12,17,20H,1,5-11,13-14H2,2-3H3/t17-,19+/m0/s1. The van der Waals surface area contributed by atoms with E-state index in [1.54, 1.807) is 0 Å². The lowest BCUT2D eigenvalue weighted by Crippen LogP contribution is -2.63. The molecule has 1 N–H and O–H groups in total. The Kier molecular flexibility index (Phi) is 5.59. The third kappa shape index (κ3) is 3.51. The van der Waals surface area contributed by atoms with Gasteiger partial charge in [-0.3, -0.25) is 14.4 Å². The van der Waals surface area contributed by atoms with Crippen molar-refractivity contribution in [2.75, 3.05) is 26.2 Å². The molecule has 0 aromatic carbocycles. The lowest BCUT2D eigenvalue weighted by molar-refractivity contribution is -0.164. The van der Waals surface area contributed by atoms with Gasteiger partial charge in [-0.15, -0.1) is 6.58 Å². The smallest absolute Gasteiger partial charge is 0.314 e. The minimum absolute atomic E-state index is 0.0315. The van der Waals surface area contributed by atoms with Crippen LogP contribution in [0.3, 0.4) is 0 Å². The van der Waals surface area contributed by atoms with Gasteiger partial charge in [0.05, 0.1) is 24.8 Å². The molecule has 1 aromatic heterocycles. The van der Waals surface area contributed by atoms with Crippen molar-refractivity contribution in [3.63, 3.8) is 0 Å². The molecule has 0 spiro atoms. The molecule has 0 saturated carbocycles. The predicted molar refractivity (Wildman–Crippen MR) is 97.1 cm³/mol. The highest BCUT2D eigenvalue weighted by atomic mass is 16.5. The van der Waals surface area contributed by atoms with Gasteiger partial charge in [-0.1, -0.05) is 6.08 Å². The maximum Gasteiger partial charge on any atom is 0.314 e. The number of aromatic nitrogens is 2. The number of carbonyl (C=O) groups excluding carboxylic acids is 1. The fourth-order valence-electron chi connectivity index (χ4n) is 4.31. The number of ether oxygens (including phenoxy) is 1. The number of rotatable bonds is 6. The van der Waals surface area contributed by atoms with E-state index in [2.05, 4.69) is 28.8 Å². The van der Waals surface area contributed by atoms with Gasteiger partial charge in [0.2, 0.25) is 0 Å². The molecule has 0 radical (unpaired) electrons. The molecule has 1 aromatic rings. The van der Waals surface area contributed by atoms with Gasteiger partial charge in [-0.25, -0.2) is 0 Å². The van der Waals surface area contributed by atoms with E-state index in [1.807, 2.05) is 23.9 Å². The first-order valence-corrected chi connectivity index (χ1v) is 9.36. The Morgan fingerprint density at radius 2 is 2.44 bits per heavy atom. The van der Waals surface area contributed by atoms with Crippen LogP contribution >= 0.6 is 0 Å². The van der Waals surface area contributed by atoms with Crippen LogP contribution in [0, 0.1) is 12.3 Å². The molecule has 2 fully saturated rings. The Balaban J connectivity index is 1.76. The summed E-state index contributed by atoms with van der Waals surface area (Å²) in [4.78, 5) is 15.2. The molecule has 25 heavy (non-hydrogen) atoms. The van der Waals surface area contributed by atoms with Crippen molar-refractivity contribution in [2.45, 2.75) is 52.2 Å². The van der Waals surface area contributed by atoms with E-state index in [4.69, 9.17) is 4.74 Å². The molecule has 6 heteroatoms. The quantitative estimate of drug-likeness (QED) is 0.630. The van der Waals surface area contributed by atoms with Gasteiger partial charge in [0.1, 0.15) is 0 Å². The van der Waals surface area contributed by atoms with Gasteiger partial charge in [-0.05, 0) is 39.7 Å². The molecular weight excluding hydrogens is 316 g/mol. The number of nitrogens with zero attached hydrogens (tertiary/aromatic N) is 3. The number of likely N-dealkylation sites (tertiary alicyclic amines) is 1. The average molecular weight is 346 g/mol. The second-order valence-corrected chi connectivity index (χ2v) is 7.21. The topological polar surface area (TPSA) is 59.4 Å². The van der Waals surface area contributed by atoms with Crippen molar-refractivity contribution in [3.05, 3.63) is 30.1 Å². The van der Waals surface area contributed by atoms with Crippen LogP contribution in [0.2, 0.25) is 0 Å². The summed E-state index contributed by atoms with van der Waals surface area (Å²) in [6.45, 7) is 12.5. The minimum Gasteiger partial charge on any atom is -0.465 e. The molecule has 2 aliphatic rings. The second kappa shape index (κ2) is 7.70. The Morgan fingerprint density at radius 3 is 3.20 bits per heavy atom. The van der Waals surface area contributed by atoms with Crippen molar-refractivity contribution >= 4 is 5.97 Å². The SMILES string of the molecule is C=CCn1ncc(CN2CC[C@@H]3NCCC[C@@]3(C(=O)OCC)C2)c1C. The maximum absolute atomic E-state index is 12.8. The van der Waals surface area contributed by atoms with E-state index in [0.29, 0.717) is 6.61 Å². The Bertz CT molecular complexity index is 627. The summed E-state index contributed by atoms with van der Waals surface area (Å²) in [5.74, 6) is -0.0315. The summed E-state index contributed by atoms with van der Waals surface area (Å²) < 4.78 is 7.44. The van der Waals surface area contributed by atoms with Gasteiger partial charge in [-0.2, -0.15) is 5.10 Å². The van der Waals surface area contributed by atoms with Crippen LogP contribution in [0.25, 0.3) is 0 Å². The highest BCUT2D eigenvalue weighted by molar-refractivity contribution is 5.78. The lowest BCUT2D eigenvalue weighted by Gasteiger charge is -2.49. The van der Waals surface area contributed by atoms with Gasteiger partial charge >= 0.3 is 5.97 Å². The van der Waals surface area contributed by atoms with Crippen molar-refractivity contribution in [3.8, 4) is 0 Å². The third-order valence-corrected chi connectivity index (χ3v) is 5.68. The molecule has 2 saturated heterocycles. The highest BCUT2D eigenvalue weighted by Crippen LogP contribution is 2.39. The fourth-order valence-corrected chi connectivity index (χ4v) is 4.31. The van der Waals surface area contributed by atoms with Crippen LogP contribution in [-0.2, 0) is 22.6 Å². The number of nitrogens with one attached hydrogen (secondary N) is 1. The Hall–Kier alpha value is -1.66. The van der Waals surface area contributed by atoms with Gasteiger partial charge in [0.25, 0.3) is 0 Å². The van der Waals surface area contributed by atoms with Gasteiger partial charge in [0.15, 0.2) is 0 Å². The number of piperidine rings is 2. The van der Waals surface area contributed by atoms with Crippen LogP contribution in [0.1, 0.15) is 37.4 Å². The zero-order valence-corrected chi connectivity index (χ0v) is 15.5. The summed E-state index contributed by atoms with van der Waals surface area (Å²) in [6.07, 6.45) is 6.73. The Morgan fingerprint density at radius 1 is 1.60 bits per heavy atom. The summed E-state index contributed by atoms with van der Waals surface area (Å²) in [6, 6.07) is 0.237. The third-order valence-electron chi connectivity index (χ3n) is 5.68. The minimum atomic E-state index is -0.405. The van der Waals surface area contributed by atoms with Crippen molar-refractivity contribution in [1.82, 2.24) is 20.0 Å². The first kappa shape index (κ1) is 18.1. The number of esters is 1. The zero-order valence-electron chi connectivity index (χ0n) is 15.5. The van der Waals surface area contributed by atoms with Crippen LogP contribution in [0.4, 0.5) is 0 Å². The molecule has 0 aliphatic carbocycles. The molecule has 138 valence electrons. The van der Waals surface area contributed by atoms with Crippen molar-refractivity contribution in [1.29, 1.82) is 0 Å². The van der Waals surface area contributed by atoms with E-state index in [0.717, 1.165) is 52.0 Å². The van der Waals surface area contributed by atoms with E-state index in [-0.39, 0.29) is 12.0 Å². The highest BCUT2D eigenvalue weighted by Gasteiger charge is 2.51. The lowest BCUT2D eigenvalue weighted by atomic mass is 9.70. The number of allylic oxidation sites excluding steroid dienone is 1. The number of hydrogen-bond donors (Lipinski definition) is 1. The normalized spacial score (nSPS) is 26.9. The number of hydrogen-bond acceptors (Lipinski definition) is 5. The number of carbonyl (C=O) groups is 1. The summed E-state index contributed by atoms with van der Waals surface area (Å²) >= 11 is 0. The Labute approximate surface area is 150 Å². The number of fused-ring (bicyclic) bond motifs is 1. The summed E-state index contributed by atoms with van der Waals surface area (Å²) in [7, 11) is 0. The monoisotopic (exact) mass is 346 g/mol. The molecule has 6 nitrogen and oxygen atoms in total. The molecule has 0 bridgehead atoms. The zero-order chi connectivity index (χ0) is 17.9. The predicted octanol–water partition coefficient (Wildman–Crippen LogP) is 1.88. The van der Waals surface area contributed by atoms with Crippen molar-refractivity contribution < 1.29 is 9.53 Å². The molecule has 0 amide bonds. The average Bonchev–Trinajstić information content (AvgIpc) is 2.95.